The predicted molar refractivity (Wildman–Crippen MR) is 67.1 cm³/mol. The number of hydrogen-bond donors (Lipinski definition) is 1. The van der Waals surface area contributed by atoms with Crippen molar-refractivity contribution >= 4 is 0 Å². The van der Waals surface area contributed by atoms with E-state index in [9.17, 15) is 5.11 Å². The minimum atomic E-state index is 0.180. The van der Waals surface area contributed by atoms with E-state index in [1.54, 1.807) is 18.4 Å². The molecule has 0 aromatic carbocycles. The van der Waals surface area contributed by atoms with Gasteiger partial charge in [-0.15, -0.1) is 10.2 Å². The maximum absolute atomic E-state index is 9.37. The van der Waals surface area contributed by atoms with Gasteiger partial charge in [-0.25, -0.2) is 0 Å². The van der Waals surface area contributed by atoms with E-state index in [1.165, 1.54) is 6.42 Å². The standard InChI is InChI=1S/C13H17N3O3/c17-9-10-4-1-2-6-16(10)8-12-14-15-13(19-12)11-5-3-7-18-11/h3,5,7,10,17H,1-2,4,6,8-9H2. The van der Waals surface area contributed by atoms with Gasteiger partial charge in [0.05, 0.1) is 19.4 Å². The molecule has 19 heavy (non-hydrogen) atoms. The van der Waals surface area contributed by atoms with E-state index in [2.05, 4.69) is 15.1 Å². The topological polar surface area (TPSA) is 75.5 Å². The van der Waals surface area contributed by atoms with Crippen LogP contribution in [-0.2, 0) is 6.54 Å². The average molecular weight is 263 g/mol. The summed E-state index contributed by atoms with van der Waals surface area (Å²) >= 11 is 0. The number of rotatable bonds is 4. The molecular formula is C13H17N3O3. The van der Waals surface area contributed by atoms with Gasteiger partial charge in [0.15, 0.2) is 5.76 Å². The molecule has 1 saturated heterocycles. The number of furan rings is 1. The second-order valence-corrected chi connectivity index (χ2v) is 4.78. The Morgan fingerprint density at radius 3 is 3.11 bits per heavy atom. The lowest BCUT2D eigenvalue weighted by Crippen LogP contribution is -2.41. The van der Waals surface area contributed by atoms with E-state index in [-0.39, 0.29) is 12.6 Å². The summed E-state index contributed by atoms with van der Waals surface area (Å²) in [6, 6.07) is 3.77. The van der Waals surface area contributed by atoms with E-state index in [1.807, 2.05) is 0 Å². The van der Waals surface area contributed by atoms with Crippen molar-refractivity contribution < 1.29 is 13.9 Å². The lowest BCUT2D eigenvalue weighted by Gasteiger charge is -2.33. The van der Waals surface area contributed by atoms with Crippen LogP contribution in [0.5, 0.6) is 0 Å². The fourth-order valence-corrected chi connectivity index (χ4v) is 2.47. The van der Waals surface area contributed by atoms with Crippen LogP contribution in [0.3, 0.4) is 0 Å². The molecule has 1 aliphatic rings. The summed E-state index contributed by atoms with van der Waals surface area (Å²) in [5.41, 5.74) is 0. The van der Waals surface area contributed by atoms with Gasteiger partial charge in [-0.05, 0) is 31.5 Å². The highest BCUT2D eigenvalue weighted by atomic mass is 16.4. The fraction of sp³-hybridized carbons (Fsp3) is 0.538. The summed E-state index contributed by atoms with van der Waals surface area (Å²) < 4.78 is 10.8. The van der Waals surface area contributed by atoms with Crippen molar-refractivity contribution in [1.29, 1.82) is 0 Å². The molecule has 0 spiro atoms. The van der Waals surface area contributed by atoms with Crippen LogP contribution >= 0.6 is 0 Å². The maximum atomic E-state index is 9.37. The molecule has 3 rings (SSSR count). The summed E-state index contributed by atoms with van der Waals surface area (Å²) in [6.07, 6.45) is 4.92. The van der Waals surface area contributed by atoms with E-state index in [0.717, 1.165) is 19.4 Å². The van der Waals surface area contributed by atoms with Crippen molar-refractivity contribution in [1.82, 2.24) is 15.1 Å². The third kappa shape index (κ3) is 2.69. The molecule has 2 aromatic rings. The Balaban J connectivity index is 1.69. The highest BCUT2D eigenvalue weighted by molar-refractivity contribution is 5.42. The molecule has 102 valence electrons. The average Bonchev–Trinajstić information content (AvgIpc) is 3.09. The predicted octanol–water partition coefficient (Wildman–Crippen LogP) is 1.68. The minimum Gasteiger partial charge on any atom is -0.459 e. The zero-order chi connectivity index (χ0) is 13.1. The first-order chi connectivity index (χ1) is 9.36. The minimum absolute atomic E-state index is 0.180. The molecule has 1 unspecified atom stereocenters. The third-order valence-electron chi connectivity index (χ3n) is 3.50. The van der Waals surface area contributed by atoms with Crippen molar-refractivity contribution in [3.05, 3.63) is 24.3 Å². The Kier molecular flexibility index (Phi) is 3.61. The molecule has 0 aliphatic carbocycles. The van der Waals surface area contributed by atoms with Crippen molar-refractivity contribution in [3.8, 4) is 11.7 Å². The van der Waals surface area contributed by atoms with Gasteiger partial charge in [0, 0.05) is 6.04 Å². The summed E-state index contributed by atoms with van der Waals surface area (Å²) in [7, 11) is 0. The van der Waals surface area contributed by atoms with Gasteiger partial charge in [-0.1, -0.05) is 6.42 Å². The van der Waals surface area contributed by atoms with Gasteiger partial charge in [0.2, 0.25) is 5.89 Å². The Morgan fingerprint density at radius 2 is 2.32 bits per heavy atom. The lowest BCUT2D eigenvalue weighted by molar-refractivity contribution is 0.0769. The van der Waals surface area contributed by atoms with Gasteiger partial charge in [-0.3, -0.25) is 4.90 Å². The van der Waals surface area contributed by atoms with Crippen molar-refractivity contribution in [3.63, 3.8) is 0 Å². The summed E-state index contributed by atoms with van der Waals surface area (Å²) in [5, 5.41) is 17.4. The Hall–Kier alpha value is -1.66. The first kappa shape index (κ1) is 12.4. The molecule has 1 atom stereocenters. The molecule has 0 amide bonds. The van der Waals surface area contributed by atoms with Crippen LogP contribution in [0.2, 0.25) is 0 Å². The Morgan fingerprint density at radius 1 is 1.37 bits per heavy atom. The fourth-order valence-electron chi connectivity index (χ4n) is 2.47. The van der Waals surface area contributed by atoms with Crippen LogP contribution in [0.25, 0.3) is 11.7 Å². The molecule has 1 fully saturated rings. The van der Waals surface area contributed by atoms with Crippen molar-refractivity contribution in [2.24, 2.45) is 0 Å². The van der Waals surface area contributed by atoms with Crippen LogP contribution in [0, 0.1) is 0 Å². The lowest BCUT2D eigenvalue weighted by atomic mass is 10.0. The molecule has 0 saturated carbocycles. The van der Waals surface area contributed by atoms with Gasteiger partial charge in [-0.2, -0.15) is 0 Å². The van der Waals surface area contributed by atoms with E-state index in [4.69, 9.17) is 8.83 Å². The molecule has 1 aliphatic heterocycles. The molecule has 6 nitrogen and oxygen atoms in total. The van der Waals surface area contributed by atoms with E-state index >= 15 is 0 Å². The number of hydrogen-bond acceptors (Lipinski definition) is 6. The summed E-state index contributed by atoms with van der Waals surface area (Å²) in [4.78, 5) is 2.20. The molecular weight excluding hydrogens is 246 g/mol. The van der Waals surface area contributed by atoms with Crippen LogP contribution in [0.1, 0.15) is 25.2 Å². The quantitative estimate of drug-likeness (QED) is 0.904. The first-order valence-electron chi connectivity index (χ1n) is 6.58. The Labute approximate surface area is 111 Å². The number of likely N-dealkylation sites (tertiary alicyclic amines) is 1. The van der Waals surface area contributed by atoms with Crippen LogP contribution in [0.4, 0.5) is 0 Å². The van der Waals surface area contributed by atoms with Crippen LogP contribution in [-0.4, -0.2) is 39.4 Å². The molecule has 1 N–H and O–H groups in total. The monoisotopic (exact) mass is 263 g/mol. The zero-order valence-electron chi connectivity index (χ0n) is 10.7. The Bertz CT molecular complexity index is 509. The molecule has 0 radical (unpaired) electrons. The molecule has 3 heterocycles. The second-order valence-electron chi connectivity index (χ2n) is 4.78. The second kappa shape index (κ2) is 5.54. The SMILES string of the molecule is OCC1CCCCN1Cc1nnc(-c2ccco2)o1. The van der Waals surface area contributed by atoms with Crippen LogP contribution in [0.15, 0.2) is 27.2 Å². The number of aliphatic hydroxyl groups excluding tert-OH is 1. The number of piperidine rings is 1. The van der Waals surface area contributed by atoms with Crippen LogP contribution < -0.4 is 0 Å². The summed E-state index contributed by atoms with van der Waals surface area (Å²) in [5.74, 6) is 1.54. The largest absolute Gasteiger partial charge is 0.459 e. The van der Waals surface area contributed by atoms with Gasteiger partial charge < -0.3 is 13.9 Å². The van der Waals surface area contributed by atoms with Gasteiger partial charge >= 0.3 is 0 Å². The third-order valence-corrected chi connectivity index (χ3v) is 3.50. The zero-order valence-corrected chi connectivity index (χ0v) is 10.7. The smallest absolute Gasteiger partial charge is 0.283 e. The highest BCUT2D eigenvalue weighted by Crippen LogP contribution is 2.21. The number of nitrogens with zero attached hydrogens (tertiary/aromatic N) is 3. The number of aromatic nitrogens is 2. The molecule has 6 heteroatoms. The van der Waals surface area contributed by atoms with E-state index in [0.29, 0.717) is 24.1 Å². The normalized spacial score (nSPS) is 20.8. The van der Waals surface area contributed by atoms with Crippen molar-refractivity contribution in [2.45, 2.75) is 31.8 Å². The first-order valence-corrected chi connectivity index (χ1v) is 6.58. The summed E-state index contributed by atoms with van der Waals surface area (Å²) in [6.45, 7) is 1.72. The van der Waals surface area contributed by atoms with E-state index < -0.39 is 0 Å². The molecule has 2 aromatic heterocycles. The van der Waals surface area contributed by atoms with Gasteiger partial charge in [0.1, 0.15) is 0 Å². The van der Waals surface area contributed by atoms with Crippen molar-refractivity contribution in [2.75, 3.05) is 13.2 Å². The maximum Gasteiger partial charge on any atom is 0.283 e. The number of aliphatic hydroxyl groups is 1. The van der Waals surface area contributed by atoms with Gasteiger partial charge in [0.25, 0.3) is 5.89 Å². The highest BCUT2D eigenvalue weighted by Gasteiger charge is 2.23. The molecule has 0 bridgehead atoms.